The fourth-order valence-corrected chi connectivity index (χ4v) is 3.09. The van der Waals surface area contributed by atoms with Gasteiger partial charge in [0.1, 0.15) is 5.69 Å². The number of halogens is 1. The van der Waals surface area contributed by atoms with Crippen molar-refractivity contribution in [1.29, 1.82) is 0 Å². The molecule has 1 atom stereocenters. The number of nitrogens with one attached hydrogen (secondary N) is 2. The zero-order valence-corrected chi connectivity index (χ0v) is 15.9. The second kappa shape index (κ2) is 8.31. The van der Waals surface area contributed by atoms with Crippen LogP contribution in [0.25, 0.3) is 0 Å². The Kier molecular flexibility index (Phi) is 6.39. The molecule has 1 aromatic heterocycles. The van der Waals surface area contributed by atoms with Gasteiger partial charge < -0.3 is 20.1 Å². The third kappa shape index (κ3) is 4.29. The molecular formula is C18H21BrN2O4. The summed E-state index contributed by atoms with van der Waals surface area (Å²) in [6, 6.07) is 6.79. The first kappa shape index (κ1) is 19.2. The van der Waals surface area contributed by atoms with Crippen LogP contribution in [0.15, 0.2) is 28.7 Å². The van der Waals surface area contributed by atoms with Crippen molar-refractivity contribution < 1.29 is 19.4 Å². The minimum absolute atomic E-state index is 0.244. The van der Waals surface area contributed by atoms with Crippen molar-refractivity contribution in [3.05, 3.63) is 56.8 Å². The Morgan fingerprint density at radius 1 is 1.36 bits per heavy atom. The van der Waals surface area contributed by atoms with Crippen LogP contribution in [0.5, 0.6) is 0 Å². The van der Waals surface area contributed by atoms with Crippen molar-refractivity contribution in [3.63, 3.8) is 0 Å². The van der Waals surface area contributed by atoms with Gasteiger partial charge in [0, 0.05) is 10.2 Å². The summed E-state index contributed by atoms with van der Waals surface area (Å²) < 4.78 is 5.89. The number of esters is 1. The third-order valence-electron chi connectivity index (χ3n) is 3.88. The van der Waals surface area contributed by atoms with Crippen LogP contribution in [0, 0.1) is 13.8 Å². The molecule has 0 bridgehead atoms. The molecule has 25 heavy (non-hydrogen) atoms. The first-order valence-electron chi connectivity index (χ1n) is 7.92. The summed E-state index contributed by atoms with van der Waals surface area (Å²) >= 11 is 3.37. The molecule has 0 aliphatic carbocycles. The molecule has 0 fully saturated rings. The maximum atomic E-state index is 12.6. The normalized spacial score (nSPS) is 11.9. The van der Waals surface area contributed by atoms with Crippen molar-refractivity contribution in [2.75, 3.05) is 13.2 Å². The van der Waals surface area contributed by atoms with E-state index in [2.05, 4.69) is 26.2 Å². The minimum atomic E-state index is -0.556. The summed E-state index contributed by atoms with van der Waals surface area (Å²) in [7, 11) is 0. The van der Waals surface area contributed by atoms with E-state index in [1.54, 1.807) is 20.8 Å². The van der Waals surface area contributed by atoms with Crippen LogP contribution in [0.2, 0.25) is 0 Å². The fourth-order valence-electron chi connectivity index (χ4n) is 2.67. The lowest BCUT2D eigenvalue weighted by Crippen LogP contribution is -2.31. The fraction of sp³-hybridized carbons (Fsp3) is 0.333. The van der Waals surface area contributed by atoms with Crippen LogP contribution in [0.4, 0.5) is 0 Å². The lowest BCUT2D eigenvalue weighted by molar-refractivity contribution is 0.0525. The molecule has 3 N–H and O–H groups in total. The number of carbonyl (C=O) groups excluding carboxylic acids is 2. The third-order valence-corrected chi connectivity index (χ3v) is 4.38. The van der Waals surface area contributed by atoms with Gasteiger partial charge in [-0.1, -0.05) is 28.1 Å². The summed E-state index contributed by atoms with van der Waals surface area (Å²) in [5.41, 5.74) is 2.53. The molecule has 0 radical (unpaired) electrons. The number of H-pyrrole nitrogens is 1. The summed E-state index contributed by atoms with van der Waals surface area (Å²) in [6.45, 7) is 5.16. The molecule has 1 aromatic carbocycles. The Morgan fingerprint density at radius 2 is 2.08 bits per heavy atom. The predicted octanol–water partition coefficient (Wildman–Crippen LogP) is 3.03. The summed E-state index contributed by atoms with van der Waals surface area (Å²) in [4.78, 5) is 27.6. The molecule has 1 unspecified atom stereocenters. The quantitative estimate of drug-likeness (QED) is 0.640. The zero-order chi connectivity index (χ0) is 18.6. The van der Waals surface area contributed by atoms with Gasteiger partial charge in [-0.2, -0.15) is 0 Å². The van der Waals surface area contributed by atoms with E-state index < -0.39 is 17.9 Å². The minimum Gasteiger partial charge on any atom is -0.462 e. The molecule has 0 saturated heterocycles. The number of aromatic nitrogens is 1. The van der Waals surface area contributed by atoms with E-state index in [0.717, 1.165) is 10.0 Å². The highest BCUT2D eigenvalue weighted by molar-refractivity contribution is 9.10. The SMILES string of the molecule is CCOC(=O)c1c(C)[nH]c(C(=O)NC(CO)c2cccc(Br)c2)c1C. The van der Waals surface area contributed by atoms with Gasteiger partial charge >= 0.3 is 5.97 Å². The monoisotopic (exact) mass is 408 g/mol. The second-order valence-electron chi connectivity index (χ2n) is 5.61. The number of aromatic amines is 1. The highest BCUT2D eigenvalue weighted by Crippen LogP contribution is 2.22. The number of ether oxygens (including phenoxy) is 1. The molecule has 1 heterocycles. The maximum absolute atomic E-state index is 12.6. The van der Waals surface area contributed by atoms with Gasteiger partial charge in [0.25, 0.3) is 5.91 Å². The van der Waals surface area contributed by atoms with Gasteiger partial charge in [-0.15, -0.1) is 0 Å². The zero-order valence-electron chi connectivity index (χ0n) is 14.4. The predicted molar refractivity (Wildman–Crippen MR) is 97.7 cm³/mol. The van der Waals surface area contributed by atoms with Gasteiger partial charge in [0.2, 0.25) is 0 Å². The number of aliphatic hydroxyl groups is 1. The van der Waals surface area contributed by atoms with Crippen LogP contribution in [0.3, 0.4) is 0 Å². The molecule has 0 aliphatic heterocycles. The average Bonchev–Trinajstić information content (AvgIpc) is 2.87. The van der Waals surface area contributed by atoms with Crippen LogP contribution < -0.4 is 5.32 Å². The van der Waals surface area contributed by atoms with Crippen LogP contribution >= 0.6 is 15.9 Å². The van der Waals surface area contributed by atoms with Gasteiger partial charge in [-0.05, 0) is 44.0 Å². The molecule has 1 amide bonds. The number of benzene rings is 1. The van der Waals surface area contributed by atoms with E-state index in [-0.39, 0.29) is 18.9 Å². The number of hydrogen-bond donors (Lipinski definition) is 3. The van der Waals surface area contributed by atoms with Gasteiger partial charge in [-0.25, -0.2) is 4.79 Å². The topological polar surface area (TPSA) is 91.4 Å². The van der Waals surface area contributed by atoms with E-state index in [1.807, 2.05) is 24.3 Å². The highest BCUT2D eigenvalue weighted by atomic mass is 79.9. The number of carbonyl (C=O) groups is 2. The molecule has 0 saturated carbocycles. The first-order valence-corrected chi connectivity index (χ1v) is 8.71. The summed E-state index contributed by atoms with van der Waals surface area (Å²) in [5, 5.41) is 12.4. The molecule has 7 heteroatoms. The summed E-state index contributed by atoms with van der Waals surface area (Å²) in [5.74, 6) is -0.853. The van der Waals surface area contributed by atoms with Crippen LogP contribution in [0.1, 0.15) is 50.6 Å². The van der Waals surface area contributed by atoms with Gasteiger partial charge in [-0.3, -0.25) is 4.79 Å². The van der Waals surface area contributed by atoms with Crippen molar-refractivity contribution >= 4 is 27.8 Å². The number of aryl methyl sites for hydroxylation is 1. The molecule has 134 valence electrons. The Labute approximate surface area is 154 Å². The van der Waals surface area contributed by atoms with E-state index >= 15 is 0 Å². The number of aliphatic hydroxyl groups excluding tert-OH is 1. The molecule has 0 spiro atoms. The molecular weight excluding hydrogens is 388 g/mol. The lowest BCUT2D eigenvalue weighted by Gasteiger charge is -2.17. The highest BCUT2D eigenvalue weighted by Gasteiger charge is 2.24. The Bertz CT molecular complexity index is 785. The number of amides is 1. The number of rotatable bonds is 6. The molecule has 2 aromatic rings. The van der Waals surface area contributed by atoms with E-state index in [1.165, 1.54) is 0 Å². The van der Waals surface area contributed by atoms with Crippen molar-refractivity contribution in [2.45, 2.75) is 26.8 Å². The molecule has 2 rings (SSSR count). The average molecular weight is 409 g/mol. The van der Waals surface area contributed by atoms with Gasteiger partial charge in [0.05, 0.1) is 24.8 Å². The molecule has 0 aliphatic rings. The van der Waals surface area contributed by atoms with Crippen molar-refractivity contribution in [1.82, 2.24) is 10.3 Å². The Balaban J connectivity index is 2.25. The van der Waals surface area contributed by atoms with Crippen LogP contribution in [-0.2, 0) is 4.74 Å². The largest absolute Gasteiger partial charge is 0.462 e. The van der Waals surface area contributed by atoms with Crippen molar-refractivity contribution in [3.8, 4) is 0 Å². The maximum Gasteiger partial charge on any atom is 0.340 e. The lowest BCUT2D eigenvalue weighted by atomic mass is 10.1. The number of hydrogen-bond acceptors (Lipinski definition) is 4. The Morgan fingerprint density at radius 3 is 2.68 bits per heavy atom. The van der Waals surface area contributed by atoms with Crippen molar-refractivity contribution in [2.24, 2.45) is 0 Å². The first-order chi connectivity index (χ1) is 11.9. The smallest absolute Gasteiger partial charge is 0.340 e. The van der Waals surface area contributed by atoms with Crippen LogP contribution in [-0.4, -0.2) is 35.2 Å². The second-order valence-corrected chi connectivity index (χ2v) is 6.52. The standard InChI is InChI=1S/C18H21BrN2O4/c1-4-25-18(24)15-10(2)16(20-11(15)3)17(23)21-14(9-22)12-6-5-7-13(19)8-12/h5-8,14,20,22H,4,9H2,1-3H3,(H,21,23). The summed E-state index contributed by atoms with van der Waals surface area (Å²) in [6.07, 6.45) is 0. The Hall–Kier alpha value is -2.12. The molecule has 6 nitrogen and oxygen atoms in total. The van der Waals surface area contributed by atoms with Gasteiger partial charge in [0.15, 0.2) is 0 Å². The van der Waals surface area contributed by atoms with E-state index in [4.69, 9.17) is 4.74 Å². The van der Waals surface area contributed by atoms with E-state index in [0.29, 0.717) is 16.8 Å². The van der Waals surface area contributed by atoms with E-state index in [9.17, 15) is 14.7 Å².